The van der Waals surface area contributed by atoms with E-state index in [1.54, 1.807) is 0 Å². The highest BCUT2D eigenvalue weighted by Gasteiger charge is 2.01. The van der Waals surface area contributed by atoms with E-state index >= 15 is 0 Å². The smallest absolute Gasteiger partial charge is 0.213 e. The van der Waals surface area contributed by atoms with E-state index in [1.165, 1.54) is 17.1 Å². The molecule has 0 heterocycles. The van der Waals surface area contributed by atoms with Gasteiger partial charge in [-0.25, -0.2) is 19.6 Å². The Morgan fingerprint density at radius 3 is 1.73 bits per heavy atom. The van der Waals surface area contributed by atoms with Crippen LogP contribution in [-0.2, 0) is 24.3 Å². The summed E-state index contributed by atoms with van der Waals surface area (Å²) in [5.74, 6) is 0. The molecule has 0 rings (SSSR count). The van der Waals surface area contributed by atoms with Crippen molar-refractivity contribution in [2.45, 2.75) is 0 Å². The minimum absolute atomic E-state index is 0.0468. The van der Waals surface area contributed by atoms with Crippen LogP contribution >= 0.6 is 0 Å². The quantitative estimate of drug-likeness (QED) is 0.127. The normalized spacial score (nSPS) is 9.60. The molecule has 0 saturated heterocycles. The first-order valence-electron chi connectivity index (χ1n) is 4.25. The highest BCUT2D eigenvalue weighted by atomic mass is 17.2. The van der Waals surface area contributed by atoms with Gasteiger partial charge in [-0.1, -0.05) is 12.2 Å². The van der Waals surface area contributed by atoms with Gasteiger partial charge in [-0.2, -0.15) is 0 Å². The minimum Gasteiger partial charge on any atom is -0.292 e. The molecule has 86 valence electrons. The zero-order valence-electron chi connectivity index (χ0n) is 8.46. The van der Waals surface area contributed by atoms with Crippen molar-refractivity contribution in [1.29, 1.82) is 0 Å². The van der Waals surface area contributed by atoms with Crippen LogP contribution in [0.15, 0.2) is 25.3 Å². The van der Waals surface area contributed by atoms with Crippen LogP contribution in [0.1, 0.15) is 0 Å². The Morgan fingerprint density at radius 2 is 1.40 bits per heavy atom. The van der Waals surface area contributed by atoms with Crippen LogP contribution in [0.4, 0.5) is 0 Å². The summed E-state index contributed by atoms with van der Waals surface area (Å²) in [5, 5.41) is 0. The predicted octanol–water partition coefficient (Wildman–Crippen LogP) is 0.628. The van der Waals surface area contributed by atoms with Gasteiger partial charge in [0.05, 0.1) is 0 Å². The van der Waals surface area contributed by atoms with E-state index in [2.05, 4.69) is 32.7 Å². The van der Waals surface area contributed by atoms with E-state index in [9.17, 15) is 4.79 Å². The lowest BCUT2D eigenvalue weighted by molar-refractivity contribution is -0.338. The van der Waals surface area contributed by atoms with Crippen LogP contribution in [0, 0.1) is 0 Å². The molecule has 6 nitrogen and oxygen atoms in total. The van der Waals surface area contributed by atoms with Crippen molar-refractivity contribution in [3.8, 4) is 0 Å². The van der Waals surface area contributed by atoms with Crippen molar-refractivity contribution in [3.05, 3.63) is 25.3 Å². The third-order valence-corrected chi connectivity index (χ3v) is 1.12. The van der Waals surface area contributed by atoms with Gasteiger partial charge in [-0.15, -0.1) is 13.2 Å². The van der Waals surface area contributed by atoms with E-state index < -0.39 is 0 Å². The molecule has 15 heavy (non-hydrogen) atoms. The zero-order chi connectivity index (χ0) is 11.4. The van der Waals surface area contributed by atoms with Gasteiger partial charge in [0.2, 0.25) is 6.41 Å². The summed E-state index contributed by atoms with van der Waals surface area (Å²) < 4.78 is 0. The molecular weight excluding hydrogens is 202 g/mol. The topological polar surface area (TPSA) is 57.2 Å². The fourth-order valence-electron chi connectivity index (χ4n) is 0.501. The maximum Gasteiger partial charge on any atom is 0.213 e. The molecule has 0 atom stereocenters. The van der Waals surface area contributed by atoms with Crippen molar-refractivity contribution >= 4 is 6.41 Å². The van der Waals surface area contributed by atoms with E-state index in [4.69, 9.17) is 0 Å². The number of amides is 1. The molecule has 0 N–H and O–H groups in total. The first kappa shape index (κ1) is 13.8. The number of carbonyl (C=O) groups excluding carboxylic acids is 1. The maximum atomic E-state index is 10.4. The van der Waals surface area contributed by atoms with E-state index in [1.807, 2.05) is 0 Å². The summed E-state index contributed by atoms with van der Waals surface area (Å²) in [5.41, 5.74) is 0. The summed E-state index contributed by atoms with van der Waals surface area (Å²) >= 11 is 0. The Labute approximate surface area is 88.5 Å². The third-order valence-electron chi connectivity index (χ3n) is 1.12. The van der Waals surface area contributed by atoms with Crippen LogP contribution in [0.2, 0.25) is 0 Å². The molecule has 0 fully saturated rings. The number of carbonyl (C=O) groups is 1. The molecule has 0 aliphatic heterocycles. The molecule has 0 spiro atoms. The zero-order valence-corrected chi connectivity index (χ0v) is 8.46. The van der Waals surface area contributed by atoms with Gasteiger partial charge < -0.3 is 0 Å². The molecule has 0 bridgehead atoms. The van der Waals surface area contributed by atoms with Crippen molar-refractivity contribution in [3.63, 3.8) is 0 Å². The van der Waals surface area contributed by atoms with Crippen LogP contribution in [-0.4, -0.2) is 38.0 Å². The Hall–Kier alpha value is -1.21. The van der Waals surface area contributed by atoms with Gasteiger partial charge in [0.25, 0.3) is 0 Å². The first-order chi connectivity index (χ1) is 7.35. The van der Waals surface area contributed by atoms with Gasteiger partial charge in [0, 0.05) is 0 Å². The van der Waals surface area contributed by atoms with Crippen molar-refractivity contribution in [2.75, 3.05) is 26.7 Å². The summed E-state index contributed by atoms with van der Waals surface area (Å²) in [4.78, 5) is 30.1. The predicted molar refractivity (Wildman–Crippen MR) is 52.1 cm³/mol. The minimum atomic E-state index is -0.0468. The molecule has 0 unspecified atom stereocenters. The van der Waals surface area contributed by atoms with Crippen LogP contribution in [0.25, 0.3) is 0 Å². The second-order valence-electron chi connectivity index (χ2n) is 2.33. The highest BCUT2D eigenvalue weighted by molar-refractivity contribution is 5.46. The number of nitrogens with zero attached hydrogens (tertiary/aromatic N) is 1. The fraction of sp³-hybridized carbons (Fsp3) is 0.444. The third kappa shape index (κ3) is 9.10. The van der Waals surface area contributed by atoms with E-state index in [0.29, 0.717) is 6.41 Å². The van der Waals surface area contributed by atoms with Gasteiger partial charge in [0.1, 0.15) is 13.2 Å². The van der Waals surface area contributed by atoms with Crippen molar-refractivity contribution in [1.82, 2.24) is 4.90 Å². The standard InChI is InChI=1S/C9H15NO5/c1-3-5-12-14-8-10(7-11)9-15-13-6-4-2/h3-4,7H,1-2,5-6,8-9H2. The molecule has 0 aliphatic rings. The van der Waals surface area contributed by atoms with Crippen LogP contribution in [0.3, 0.4) is 0 Å². The SMILES string of the molecule is C=CCOOCN(C=O)COOCC=C. The largest absolute Gasteiger partial charge is 0.292 e. The molecule has 0 radical (unpaired) electrons. The lowest BCUT2D eigenvalue weighted by Crippen LogP contribution is -2.27. The summed E-state index contributed by atoms with van der Waals surface area (Å²) in [6.07, 6.45) is 3.60. The molecule has 0 aromatic rings. The summed E-state index contributed by atoms with van der Waals surface area (Å²) in [6, 6.07) is 0. The van der Waals surface area contributed by atoms with Gasteiger partial charge in [-0.3, -0.25) is 9.69 Å². The molecule has 0 aromatic heterocycles. The van der Waals surface area contributed by atoms with E-state index in [0.717, 1.165) is 0 Å². The molecule has 6 heteroatoms. The maximum absolute atomic E-state index is 10.4. The molecule has 0 saturated carbocycles. The fourth-order valence-corrected chi connectivity index (χ4v) is 0.501. The van der Waals surface area contributed by atoms with E-state index in [-0.39, 0.29) is 26.7 Å². The Kier molecular flexibility index (Phi) is 9.99. The average Bonchev–Trinajstić information content (AvgIpc) is 2.27. The Balaban J connectivity index is 3.41. The first-order valence-corrected chi connectivity index (χ1v) is 4.25. The van der Waals surface area contributed by atoms with Gasteiger partial charge in [-0.05, 0) is 0 Å². The summed E-state index contributed by atoms with van der Waals surface area (Å²) in [7, 11) is 0. The average molecular weight is 217 g/mol. The van der Waals surface area contributed by atoms with Gasteiger partial charge in [0.15, 0.2) is 13.5 Å². The Bertz CT molecular complexity index is 169. The number of rotatable bonds is 11. The monoisotopic (exact) mass is 217 g/mol. The highest BCUT2D eigenvalue weighted by Crippen LogP contribution is 1.89. The number of hydrogen-bond donors (Lipinski definition) is 0. The van der Waals surface area contributed by atoms with Crippen molar-refractivity contribution in [2.24, 2.45) is 0 Å². The molecule has 1 amide bonds. The van der Waals surface area contributed by atoms with Crippen LogP contribution in [0.5, 0.6) is 0 Å². The second kappa shape index (κ2) is 10.9. The lowest BCUT2D eigenvalue weighted by atomic mass is 10.7. The molecule has 0 aromatic carbocycles. The molecule has 0 aliphatic carbocycles. The van der Waals surface area contributed by atoms with Crippen LogP contribution < -0.4 is 0 Å². The van der Waals surface area contributed by atoms with Gasteiger partial charge >= 0.3 is 0 Å². The second-order valence-corrected chi connectivity index (χ2v) is 2.33. The number of hydrogen-bond acceptors (Lipinski definition) is 5. The lowest BCUT2D eigenvalue weighted by Gasteiger charge is -2.14. The summed E-state index contributed by atoms with van der Waals surface area (Å²) in [6.45, 7) is 7.26. The molecular formula is C9H15NO5. The Morgan fingerprint density at radius 1 is 0.933 bits per heavy atom. The van der Waals surface area contributed by atoms with Crippen molar-refractivity contribution < 1.29 is 24.3 Å².